The monoisotopic (exact) mass is 250 g/mol. The molecule has 0 unspecified atom stereocenters. The first-order valence-electron chi connectivity index (χ1n) is 6.29. The largest absolute Gasteiger partial charge is 0.496 e. The highest BCUT2D eigenvalue weighted by atomic mass is 16.5. The molecule has 1 aromatic rings. The highest BCUT2D eigenvalue weighted by Gasteiger charge is 2.17. The van der Waals surface area contributed by atoms with Gasteiger partial charge >= 0.3 is 0 Å². The molecular weight excluding hydrogens is 228 g/mol. The molecule has 0 bridgehead atoms. The maximum absolute atomic E-state index is 11.8. The van der Waals surface area contributed by atoms with E-state index >= 15 is 0 Å². The number of nitrogens with one attached hydrogen (secondary N) is 1. The van der Waals surface area contributed by atoms with Crippen LogP contribution in [0, 0.1) is 0 Å². The van der Waals surface area contributed by atoms with E-state index in [1.165, 1.54) is 0 Å². The van der Waals surface area contributed by atoms with Crippen molar-refractivity contribution in [2.75, 3.05) is 7.11 Å². The third kappa shape index (κ3) is 3.74. The lowest BCUT2D eigenvalue weighted by atomic mass is 10.1. The van der Waals surface area contributed by atoms with Crippen LogP contribution in [0.2, 0.25) is 0 Å². The van der Waals surface area contributed by atoms with E-state index in [-0.39, 0.29) is 11.9 Å². The second-order valence-electron chi connectivity index (χ2n) is 4.37. The molecule has 0 saturated heterocycles. The summed E-state index contributed by atoms with van der Waals surface area (Å²) < 4.78 is 5.27. The molecule has 3 N–H and O–H groups in total. The van der Waals surface area contributed by atoms with Gasteiger partial charge in [0, 0.05) is 5.56 Å². The van der Waals surface area contributed by atoms with Crippen LogP contribution in [-0.2, 0) is 4.79 Å². The van der Waals surface area contributed by atoms with Crippen molar-refractivity contribution in [2.45, 2.75) is 38.8 Å². The van der Waals surface area contributed by atoms with Gasteiger partial charge in [0.2, 0.25) is 5.91 Å². The van der Waals surface area contributed by atoms with E-state index < -0.39 is 6.04 Å². The highest BCUT2D eigenvalue weighted by molar-refractivity contribution is 5.81. The van der Waals surface area contributed by atoms with Crippen LogP contribution >= 0.6 is 0 Å². The van der Waals surface area contributed by atoms with Gasteiger partial charge in [-0.25, -0.2) is 0 Å². The summed E-state index contributed by atoms with van der Waals surface area (Å²) in [7, 11) is 1.62. The number of amides is 1. The summed E-state index contributed by atoms with van der Waals surface area (Å²) in [5.74, 6) is 0.657. The van der Waals surface area contributed by atoms with Gasteiger partial charge in [-0.15, -0.1) is 0 Å². The quantitative estimate of drug-likeness (QED) is 0.811. The molecule has 0 spiro atoms. The SMILES string of the molecule is CCC[C@H](N)C(=O)N[C@@H](C)c1ccccc1OC. The van der Waals surface area contributed by atoms with Crippen LogP contribution in [0.15, 0.2) is 24.3 Å². The number of methoxy groups -OCH3 is 1. The van der Waals surface area contributed by atoms with E-state index in [2.05, 4.69) is 5.32 Å². The molecule has 1 rings (SSSR count). The zero-order chi connectivity index (χ0) is 13.5. The van der Waals surface area contributed by atoms with E-state index in [9.17, 15) is 4.79 Å². The van der Waals surface area contributed by atoms with Crippen molar-refractivity contribution in [3.8, 4) is 5.75 Å². The second kappa shape index (κ2) is 7.01. The fourth-order valence-electron chi connectivity index (χ4n) is 1.86. The van der Waals surface area contributed by atoms with E-state index in [1.807, 2.05) is 38.1 Å². The third-order valence-electron chi connectivity index (χ3n) is 2.90. The molecule has 0 aliphatic rings. The van der Waals surface area contributed by atoms with Crippen molar-refractivity contribution in [1.82, 2.24) is 5.32 Å². The topological polar surface area (TPSA) is 64.4 Å². The molecule has 0 radical (unpaired) electrons. The number of benzene rings is 1. The van der Waals surface area contributed by atoms with Crippen molar-refractivity contribution >= 4 is 5.91 Å². The Morgan fingerprint density at radius 3 is 2.72 bits per heavy atom. The molecule has 0 aliphatic carbocycles. The smallest absolute Gasteiger partial charge is 0.237 e. The normalized spacial score (nSPS) is 13.8. The number of ether oxygens (including phenoxy) is 1. The van der Waals surface area contributed by atoms with Crippen LogP contribution < -0.4 is 15.8 Å². The molecule has 4 heteroatoms. The molecule has 1 aromatic carbocycles. The lowest BCUT2D eigenvalue weighted by molar-refractivity contribution is -0.123. The number of hydrogen-bond acceptors (Lipinski definition) is 3. The van der Waals surface area contributed by atoms with Gasteiger partial charge in [-0.3, -0.25) is 4.79 Å². The predicted octanol–water partition coefficient (Wildman–Crippen LogP) is 2.00. The summed E-state index contributed by atoms with van der Waals surface area (Å²) in [6, 6.07) is 7.09. The van der Waals surface area contributed by atoms with Crippen LogP contribution in [0.25, 0.3) is 0 Å². The maximum atomic E-state index is 11.8. The lowest BCUT2D eigenvalue weighted by Gasteiger charge is -2.19. The molecule has 2 atom stereocenters. The minimum atomic E-state index is -0.438. The molecule has 4 nitrogen and oxygen atoms in total. The molecular formula is C14H22N2O2. The minimum Gasteiger partial charge on any atom is -0.496 e. The van der Waals surface area contributed by atoms with Crippen LogP contribution in [0.4, 0.5) is 0 Å². The fraction of sp³-hybridized carbons (Fsp3) is 0.500. The molecule has 18 heavy (non-hydrogen) atoms. The molecule has 0 aromatic heterocycles. The molecule has 0 fully saturated rings. The summed E-state index contributed by atoms with van der Waals surface area (Å²) in [5.41, 5.74) is 6.74. The highest BCUT2D eigenvalue weighted by Crippen LogP contribution is 2.24. The average Bonchev–Trinajstić information content (AvgIpc) is 2.38. The first kappa shape index (κ1) is 14.5. The molecule has 0 saturated carbocycles. The second-order valence-corrected chi connectivity index (χ2v) is 4.37. The molecule has 100 valence electrons. The zero-order valence-electron chi connectivity index (χ0n) is 11.3. The fourth-order valence-corrected chi connectivity index (χ4v) is 1.86. The van der Waals surface area contributed by atoms with Crippen molar-refractivity contribution < 1.29 is 9.53 Å². The average molecular weight is 250 g/mol. The lowest BCUT2D eigenvalue weighted by Crippen LogP contribution is -2.41. The first-order valence-corrected chi connectivity index (χ1v) is 6.29. The van der Waals surface area contributed by atoms with Crippen LogP contribution in [0.1, 0.15) is 38.3 Å². The van der Waals surface area contributed by atoms with Gasteiger partial charge in [0.1, 0.15) is 5.75 Å². The van der Waals surface area contributed by atoms with Gasteiger partial charge in [0.05, 0.1) is 19.2 Å². The number of nitrogens with two attached hydrogens (primary N) is 1. The molecule has 0 heterocycles. The Morgan fingerprint density at radius 2 is 2.11 bits per heavy atom. The first-order chi connectivity index (χ1) is 8.60. The van der Waals surface area contributed by atoms with Gasteiger partial charge in [0.15, 0.2) is 0 Å². The molecule has 0 aliphatic heterocycles. The summed E-state index contributed by atoms with van der Waals surface area (Å²) in [4.78, 5) is 11.8. The Kier molecular flexibility index (Phi) is 5.65. The van der Waals surface area contributed by atoms with Crippen molar-refractivity contribution in [3.05, 3.63) is 29.8 Å². The predicted molar refractivity (Wildman–Crippen MR) is 72.4 cm³/mol. The van der Waals surface area contributed by atoms with E-state index in [0.717, 1.165) is 17.7 Å². The number of rotatable bonds is 6. The Hall–Kier alpha value is -1.55. The number of carbonyl (C=O) groups excluding carboxylic acids is 1. The standard InChI is InChI=1S/C14H22N2O2/c1-4-7-12(15)14(17)16-10(2)11-8-5-6-9-13(11)18-3/h5-6,8-10,12H,4,7,15H2,1-3H3,(H,16,17)/t10-,12-/m0/s1. The van der Waals surface area contributed by atoms with Gasteiger partial charge < -0.3 is 15.8 Å². The van der Waals surface area contributed by atoms with Gasteiger partial charge in [-0.2, -0.15) is 0 Å². The number of carbonyl (C=O) groups is 1. The summed E-state index contributed by atoms with van der Waals surface area (Å²) in [6.07, 6.45) is 1.60. The Labute approximate surface area is 109 Å². The van der Waals surface area contributed by atoms with E-state index in [4.69, 9.17) is 10.5 Å². The zero-order valence-corrected chi connectivity index (χ0v) is 11.3. The maximum Gasteiger partial charge on any atom is 0.237 e. The van der Waals surface area contributed by atoms with Gasteiger partial charge in [-0.1, -0.05) is 31.5 Å². The summed E-state index contributed by atoms with van der Waals surface area (Å²) in [6.45, 7) is 3.94. The van der Waals surface area contributed by atoms with Gasteiger partial charge in [-0.05, 0) is 19.4 Å². The minimum absolute atomic E-state index is 0.114. The Bertz CT molecular complexity index is 393. The third-order valence-corrected chi connectivity index (χ3v) is 2.90. The summed E-state index contributed by atoms with van der Waals surface area (Å²) >= 11 is 0. The van der Waals surface area contributed by atoms with E-state index in [0.29, 0.717) is 6.42 Å². The van der Waals surface area contributed by atoms with Gasteiger partial charge in [0.25, 0.3) is 0 Å². The Morgan fingerprint density at radius 1 is 1.44 bits per heavy atom. The van der Waals surface area contributed by atoms with Crippen LogP contribution in [-0.4, -0.2) is 19.1 Å². The van der Waals surface area contributed by atoms with Crippen molar-refractivity contribution in [1.29, 1.82) is 0 Å². The Balaban J connectivity index is 2.70. The van der Waals surface area contributed by atoms with Crippen LogP contribution in [0.5, 0.6) is 5.75 Å². The number of hydrogen-bond donors (Lipinski definition) is 2. The van der Waals surface area contributed by atoms with Crippen LogP contribution in [0.3, 0.4) is 0 Å². The molecule has 1 amide bonds. The number of para-hydroxylation sites is 1. The van der Waals surface area contributed by atoms with Crippen molar-refractivity contribution in [3.63, 3.8) is 0 Å². The van der Waals surface area contributed by atoms with E-state index in [1.54, 1.807) is 7.11 Å². The summed E-state index contributed by atoms with van der Waals surface area (Å²) in [5, 5.41) is 2.91. The van der Waals surface area contributed by atoms with Crippen molar-refractivity contribution in [2.24, 2.45) is 5.73 Å².